The van der Waals surface area contributed by atoms with Crippen LogP contribution in [-0.2, 0) is 4.79 Å². The van der Waals surface area contributed by atoms with Gasteiger partial charge < -0.3 is 10.6 Å². The molecule has 3 aromatic carbocycles. The molecule has 0 fully saturated rings. The van der Waals surface area contributed by atoms with Gasteiger partial charge in [-0.25, -0.2) is 4.99 Å². The molecule has 0 bridgehead atoms. The summed E-state index contributed by atoms with van der Waals surface area (Å²) in [4.78, 5) is 17.7. The molecule has 6 heteroatoms. The number of nitrogens with one attached hydrogen (secondary N) is 2. The van der Waals surface area contributed by atoms with Gasteiger partial charge in [-0.1, -0.05) is 63.9 Å². The van der Waals surface area contributed by atoms with Crippen molar-refractivity contribution >= 4 is 50.5 Å². The van der Waals surface area contributed by atoms with Gasteiger partial charge in [0.1, 0.15) is 0 Å². The molecule has 0 saturated carbocycles. The van der Waals surface area contributed by atoms with E-state index in [4.69, 9.17) is 16.6 Å². The third kappa shape index (κ3) is 3.68. The number of rotatable bonds is 3. The fourth-order valence-corrected chi connectivity index (χ4v) is 3.71. The quantitative estimate of drug-likeness (QED) is 0.538. The number of para-hydroxylation sites is 1. The first kappa shape index (κ1) is 18.7. The molecule has 4 nitrogen and oxygen atoms in total. The molecule has 1 unspecified atom stereocenters. The number of aryl methyl sites for hydroxylation is 1. The highest BCUT2D eigenvalue weighted by molar-refractivity contribution is 9.10. The minimum atomic E-state index is -0.793. The highest BCUT2D eigenvalue weighted by Gasteiger charge is 2.27. The first-order valence-corrected chi connectivity index (χ1v) is 9.95. The lowest BCUT2D eigenvalue weighted by atomic mass is 10.0. The summed E-state index contributed by atoms with van der Waals surface area (Å²) in [5.41, 5.74) is 4.83. The van der Waals surface area contributed by atoms with E-state index < -0.39 is 6.17 Å². The second kappa shape index (κ2) is 7.78. The third-order valence-electron chi connectivity index (χ3n) is 4.57. The van der Waals surface area contributed by atoms with Crippen molar-refractivity contribution in [1.29, 1.82) is 0 Å². The van der Waals surface area contributed by atoms with Crippen molar-refractivity contribution in [3.8, 4) is 0 Å². The molecule has 1 aliphatic rings. The van der Waals surface area contributed by atoms with Crippen LogP contribution in [0.25, 0.3) is 0 Å². The Kier molecular flexibility index (Phi) is 5.20. The summed E-state index contributed by atoms with van der Waals surface area (Å²) in [7, 11) is 0. The molecule has 3 aromatic rings. The van der Waals surface area contributed by atoms with Gasteiger partial charge in [-0.3, -0.25) is 4.79 Å². The Morgan fingerprint density at radius 1 is 1.04 bits per heavy atom. The minimum absolute atomic E-state index is 0.228. The van der Waals surface area contributed by atoms with Crippen molar-refractivity contribution in [1.82, 2.24) is 0 Å². The van der Waals surface area contributed by atoms with E-state index in [2.05, 4.69) is 26.6 Å². The van der Waals surface area contributed by atoms with Crippen molar-refractivity contribution in [2.24, 2.45) is 4.99 Å². The molecule has 1 aliphatic heterocycles. The van der Waals surface area contributed by atoms with Gasteiger partial charge in [0.2, 0.25) is 0 Å². The number of carbonyl (C=O) groups is 1. The Hall–Kier alpha value is -2.63. The standard InChI is InChI=1S/C22H17BrClN3O/c1-13-6-2-5-9-18(13)25-21-22(28)26-19-11-10-14(23)12-16(19)20(27-21)15-7-3-4-8-17(15)24/h2-12,21,25H,1H3,(H,26,28). The van der Waals surface area contributed by atoms with Crippen LogP contribution in [0.2, 0.25) is 5.02 Å². The average molecular weight is 455 g/mol. The lowest BCUT2D eigenvalue weighted by molar-refractivity contribution is -0.116. The fourth-order valence-electron chi connectivity index (χ4n) is 3.13. The maximum atomic E-state index is 12.9. The highest BCUT2D eigenvalue weighted by Crippen LogP contribution is 2.30. The number of benzodiazepines with no additional fused rings is 1. The lowest BCUT2D eigenvalue weighted by Gasteiger charge is -2.16. The number of anilines is 2. The van der Waals surface area contributed by atoms with Gasteiger partial charge in [0.15, 0.2) is 6.17 Å². The van der Waals surface area contributed by atoms with E-state index in [1.165, 1.54) is 0 Å². The smallest absolute Gasteiger partial charge is 0.269 e. The Morgan fingerprint density at radius 2 is 1.79 bits per heavy atom. The van der Waals surface area contributed by atoms with E-state index in [1.807, 2.05) is 73.7 Å². The number of hydrogen-bond donors (Lipinski definition) is 2. The number of nitrogens with zero attached hydrogens (tertiary/aromatic N) is 1. The Bertz CT molecular complexity index is 1100. The van der Waals surface area contributed by atoms with E-state index in [9.17, 15) is 4.79 Å². The maximum absolute atomic E-state index is 12.9. The summed E-state index contributed by atoms with van der Waals surface area (Å²) < 4.78 is 0.894. The zero-order valence-corrected chi connectivity index (χ0v) is 17.4. The van der Waals surface area contributed by atoms with Gasteiger partial charge in [-0.2, -0.15) is 0 Å². The van der Waals surface area contributed by atoms with E-state index in [1.54, 1.807) is 0 Å². The summed E-state index contributed by atoms with van der Waals surface area (Å²) >= 11 is 9.98. The molecular formula is C22H17BrClN3O. The number of hydrogen-bond acceptors (Lipinski definition) is 3. The number of carbonyl (C=O) groups excluding carboxylic acids is 1. The van der Waals surface area contributed by atoms with Gasteiger partial charge >= 0.3 is 0 Å². The first-order chi connectivity index (χ1) is 13.5. The molecule has 28 heavy (non-hydrogen) atoms. The van der Waals surface area contributed by atoms with Gasteiger partial charge in [-0.15, -0.1) is 0 Å². The Morgan fingerprint density at radius 3 is 2.57 bits per heavy atom. The first-order valence-electron chi connectivity index (χ1n) is 8.78. The molecule has 0 spiro atoms. The number of fused-ring (bicyclic) bond motifs is 1. The van der Waals surface area contributed by atoms with E-state index in [-0.39, 0.29) is 5.91 Å². The molecule has 1 atom stereocenters. The normalized spacial score (nSPS) is 15.9. The summed E-state index contributed by atoms with van der Waals surface area (Å²) in [5, 5.41) is 6.81. The second-order valence-electron chi connectivity index (χ2n) is 6.50. The van der Waals surface area contributed by atoms with Crippen LogP contribution >= 0.6 is 27.5 Å². The van der Waals surface area contributed by atoms with Crippen LogP contribution in [0, 0.1) is 6.92 Å². The molecular weight excluding hydrogens is 438 g/mol. The average Bonchev–Trinajstić information content (AvgIpc) is 2.81. The topological polar surface area (TPSA) is 53.5 Å². The Balaban J connectivity index is 1.87. The molecule has 1 heterocycles. The number of halogens is 2. The van der Waals surface area contributed by atoms with E-state index in [0.29, 0.717) is 16.4 Å². The van der Waals surface area contributed by atoms with Gasteiger partial charge in [0.05, 0.1) is 11.4 Å². The van der Waals surface area contributed by atoms with Crippen molar-refractivity contribution in [3.05, 3.63) is 92.9 Å². The molecule has 0 aromatic heterocycles. The van der Waals surface area contributed by atoms with Crippen LogP contribution in [0.5, 0.6) is 0 Å². The molecule has 0 radical (unpaired) electrons. The SMILES string of the molecule is Cc1ccccc1NC1N=C(c2ccccc2Cl)c2cc(Br)ccc2NC1=O. The van der Waals surface area contributed by atoms with Crippen LogP contribution < -0.4 is 10.6 Å². The van der Waals surface area contributed by atoms with Crippen LogP contribution in [0.4, 0.5) is 11.4 Å². The molecule has 0 saturated heterocycles. The second-order valence-corrected chi connectivity index (χ2v) is 7.82. The van der Waals surface area contributed by atoms with Crippen molar-refractivity contribution in [2.75, 3.05) is 10.6 Å². The summed E-state index contributed by atoms with van der Waals surface area (Å²) in [6, 6.07) is 21.0. The lowest BCUT2D eigenvalue weighted by Crippen LogP contribution is -2.32. The van der Waals surface area contributed by atoms with Crippen molar-refractivity contribution in [3.63, 3.8) is 0 Å². The predicted molar refractivity (Wildman–Crippen MR) is 118 cm³/mol. The fraction of sp³-hybridized carbons (Fsp3) is 0.0909. The van der Waals surface area contributed by atoms with E-state index in [0.717, 1.165) is 26.9 Å². The maximum Gasteiger partial charge on any atom is 0.269 e. The number of amides is 1. The molecule has 4 rings (SSSR count). The molecule has 2 N–H and O–H groups in total. The van der Waals surface area contributed by atoms with Crippen molar-refractivity contribution in [2.45, 2.75) is 13.1 Å². The van der Waals surface area contributed by atoms with Crippen LogP contribution in [0.1, 0.15) is 16.7 Å². The van der Waals surface area contributed by atoms with Gasteiger partial charge in [0.25, 0.3) is 5.91 Å². The summed E-state index contributed by atoms with van der Waals surface area (Å²) in [6.07, 6.45) is -0.793. The third-order valence-corrected chi connectivity index (χ3v) is 5.39. The summed E-state index contributed by atoms with van der Waals surface area (Å²) in [5.74, 6) is -0.228. The highest BCUT2D eigenvalue weighted by atomic mass is 79.9. The zero-order valence-electron chi connectivity index (χ0n) is 15.0. The van der Waals surface area contributed by atoms with Crippen LogP contribution in [0.15, 0.2) is 76.2 Å². The summed E-state index contributed by atoms with van der Waals surface area (Å²) in [6.45, 7) is 1.99. The predicted octanol–water partition coefficient (Wildman–Crippen LogP) is 5.64. The van der Waals surface area contributed by atoms with Gasteiger partial charge in [0, 0.05) is 26.3 Å². The minimum Gasteiger partial charge on any atom is -0.356 e. The zero-order chi connectivity index (χ0) is 19.7. The largest absolute Gasteiger partial charge is 0.356 e. The Labute approximate surface area is 176 Å². The van der Waals surface area contributed by atoms with Crippen LogP contribution in [0.3, 0.4) is 0 Å². The van der Waals surface area contributed by atoms with Gasteiger partial charge in [-0.05, 0) is 42.8 Å². The monoisotopic (exact) mass is 453 g/mol. The molecule has 1 amide bonds. The molecule has 0 aliphatic carbocycles. The number of aliphatic imine (C=N–C) groups is 1. The molecule has 140 valence electrons. The van der Waals surface area contributed by atoms with Crippen molar-refractivity contribution < 1.29 is 4.79 Å². The number of benzene rings is 3. The van der Waals surface area contributed by atoms with Crippen LogP contribution in [-0.4, -0.2) is 17.8 Å². The van der Waals surface area contributed by atoms with E-state index >= 15 is 0 Å².